The molecular formula is C15H22FNS. The maximum absolute atomic E-state index is 13.2. The first kappa shape index (κ1) is 13.9. The van der Waals surface area contributed by atoms with E-state index < -0.39 is 0 Å². The number of halogens is 1. The van der Waals surface area contributed by atoms with Gasteiger partial charge in [-0.05, 0) is 67.0 Å². The Kier molecular flexibility index (Phi) is 5.07. The van der Waals surface area contributed by atoms with Gasteiger partial charge in [0.05, 0.1) is 0 Å². The minimum Gasteiger partial charge on any atom is -0.310 e. The van der Waals surface area contributed by atoms with E-state index in [2.05, 4.69) is 12.2 Å². The minimum atomic E-state index is -0.133. The van der Waals surface area contributed by atoms with Gasteiger partial charge in [0.25, 0.3) is 0 Å². The van der Waals surface area contributed by atoms with Gasteiger partial charge in [-0.25, -0.2) is 4.39 Å². The summed E-state index contributed by atoms with van der Waals surface area (Å²) in [6.07, 6.45) is 2.40. The van der Waals surface area contributed by atoms with Crippen LogP contribution in [-0.4, -0.2) is 18.1 Å². The molecule has 1 aliphatic rings. The first-order valence-corrected chi connectivity index (χ1v) is 7.95. The van der Waals surface area contributed by atoms with Gasteiger partial charge in [0, 0.05) is 6.04 Å². The Labute approximate surface area is 114 Å². The van der Waals surface area contributed by atoms with E-state index in [4.69, 9.17) is 0 Å². The zero-order valence-corrected chi connectivity index (χ0v) is 12.0. The summed E-state index contributed by atoms with van der Waals surface area (Å²) in [5.41, 5.74) is 2.35. The average molecular weight is 267 g/mol. The molecule has 2 rings (SSSR count). The van der Waals surface area contributed by atoms with Crippen molar-refractivity contribution in [3.8, 4) is 0 Å². The van der Waals surface area contributed by atoms with E-state index >= 15 is 0 Å². The molecule has 1 fully saturated rings. The van der Waals surface area contributed by atoms with Crippen LogP contribution in [0.4, 0.5) is 4.39 Å². The summed E-state index contributed by atoms with van der Waals surface area (Å²) in [5.74, 6) is 3.03. The quantitative estimate of drug-likeness (QED) is 0.867. The van der Waals surface area contributed by atoms with E-state index in [0.29, 0.717) is 12.0 Å². The number of hydrogen-bond acceptors (Lipinski definition) is 2. The molecule has 0 radical (unpaired) electrons. The largest absolute Gasteiger partial charge is 0.310 e. The Morgan fingerprint density at radius 1 is 1.50 bits per heavy atom. The molecule has 0 amide bonds. The summed E-state index contributed by atoms with van der Waals surface area (Å²) in [6.45, 7) is 5.23. The van der Waals surface area contributed by atoms with Crippen molar-refractivity contribution in [2.45, 2.75) is 32.7 Å². The molecule has 1 N–H and O–H groups in total. The molecule has 2 unspecified atom stereocenters. The number of thioether (sulfide) groups is 1. The summed E-state index contributed by atoms with van der Waals surface area (Å²) in [6, 6.07) is 5.59. The van der Waals surface area contributed by atoms with E-state index in [-0.39, 0.29) is 5.82 Å². The van der Waals surface area contributed by atoms with E-state index in [0.717, 1.165) is 18.5 Å². The monoisotopic (exact) mass is 267 g/mol. The summed E-state index contributed by atoms with van der Waals surface area (Å²) in [4.78, 5) is 0. The third-order valence-corrected chi connectivity index (χ3v) is 4.81. The minimum absolute atomic E-state index is 0.133. The normalized spacial score (nSPS) is 21.2. The third kappa shape index (κ3) is 3.27. The van der Waals surface area contributed by atoms with Crippen LogP contribution in [0.1, 0.15) is 36.9 Å². The number of hydrogen-bond donors (Lipinski definition) is 1. The zero-order valence-electron chi connectivity index (χ0n) is 11.2. The third-order valence-electron chi connectivity index (χ3n) is 3.62. The van der Waals surface area contributed by atoms with Gasteiger partial charge in [-0.3, -0.25) is 0 Å². The van der Waals surface area contributed by atoms with E-state index in [1.807, 2.05) is 24.8 Å². The molecule has 0 aliphatic carbocycles. The van der Waals surface area contributed by atoms with Gasteiger partial charge in [0.2, 0.25) is 0 Å². The number of benzene rings is 1. The van der Waals surface area contributed by atoms with Gasteiger partial charge < -0.3 is 5.32 Å². The fraction of sp³-hybridized carbons (Fsp3) is 0.600. The van der Waals surface area contributed by atoms with Crippen molar-refractivity contribution in [1.82, 2.24) is 5.32 Å². The molecule has 1 saturated heterocycles. The molecule has 1 aliphatic heterocycles. The molecule has 2 atom stereocenters. The maximum Gasteiger partial charge on any atom is 0.123 e. The van der Waals surface area contributed by atoms with Crippen LogP contribution in [0.5, 0.6) is 0 Å². The van der Waals surface area contributed by atoms with Crippen LogP contribution in [0.3, 0.4) is 0 Å². The van der Waals surface area contributed by atoms with Gasteiger partial charge >= 0.3 is 0 Å². The molecule has 1 nitrogen and oxygen atoms in total. The van der Waals surface area contributed by atoms with Crippen molar-refractivity contribution in [2.75, 3.05) is 18.1 Å². The van der Waals surface area contributed by atoms with Gasteiger partial charge in [-0.1, -0.05) is 13.0 Å². The predicted molar refractivity (Wildman–Crippen MR) is 77.6 cm³/mol. The molecule has 1 aromatic carbocycles. The standard InChI is InChI=1S/C15H22FNS/c1-3-7-17-15(12-6-8-18-10-12)14-5-4-13(16)9-11(14)2/h4-5,9,12,15,17H,3,6-8,10H2,1-2H3. The number of nitrogens with one attached hydrogen (secondary N) is 1. The van der Waals surface area contributed by atoms with Crippen LogP contribution >= 0.6 is 11.8 Å². The van der Waals surface area contributed by atoms with Crippen LogP contribution in [0, 0.1) is 18.7 Å². The zero-order chi connectivity index (χ0) is 13.0. The van der Waals surface area contributed by atoms with Crippen LogP contribution < -0.4 is 5.32 Å². The van der Waals surface area contributed by atoms with Gasteiger partial charge in [0.15, 0.2) is 0 Å². The summed E-state index contributed by atoms with van der Waals surface area (Å²) >= 11 is 2.03. The van der Waals surface area contributed by atoms with E-state index in [9.17, 15) is 4.39 Å². The fourth-order valence-electron chi connectivity index (χ4n) is 2.63. The molecule has 0 saturated carbocycles. The Morgan fingerprint density at radius 3 is 2.94 bits per heavy atom. The topological polar surface area (TPSA) is 12.0 Å². The fourth-order valence-corrected chi connectivity index (χ4v) is 3.93. The SMILES string of the molecule is CCCNC(c1ccc(F)cc1C)C1CCSC1. The first-order chi connectivity index (χ1) is 8.72. The van der Waals surface area contributed by atoms with Gasteiger partial charge in [0.1, 0.15) is 5.82 Å². The highest BCUT2D eigenvalue weighted by Gasteiger charge is 2.27. The molecule has 0 spiro atoms. The van der Waals surface area contributed by atoms with Crippen molar-refractivity contribution in [3.63, 3.8) is 0 Å². The lowest BCUT2D eigenvalue weighted by atomic mass is 9.89. The summed E-state index contributed by atoms with van der Waals surface area (Å²) in [5, 5.41) is 3.65. The molecule has 0 bridgehead atoms. The van der Waals surface area contributed by atoms with E-state index in [1.165, 1.54) is 23.5 Å². The van der Waals surface area contributed by atoms with Crippen molar-refractivity contribution in [1.29, 1.82) is 0 Å². The van der Waals surface area contributed by atoms with Gasteiger partial charge in [-0.15, -0.1) is 0 Å². The van der Waals surface area contributed by atoms with Crippen molar-refractivity contribution >= 4 is 11.8 Å². The van der Waals surface area contributed by atoms with Crippen LogP contribution in [0.15, 0.2) is 18.2 Å². The Hall–Kier alpha value is -0.540. The second-order valence-corrected chi connectivity index (χ2v) is 6.21. The Morgan fingerprint density at radius 2 is 2.33 bits per heavy atom. The van der Waals surface area contributed by atoms with Crippen LogP contribution in [-0.2, 0) is 0 Å². The maximum atomic E-state index is 13.2. The highest BCUT2D eigenvalue weighted by Crippen LogP contribution is 2.35. The Bertz CT molecular complexity index is 388. The van der Waals surface area contributed by atoms with E-state index in [1.54, 1.807) is 12.1 Å². The lowest BCUT2D eigenvalue weighted by molar-refractivity contribution is 0.392. The van der Waals surface area contributed by atoms with Gasteiger partial charge in [-0.2, -0.15) is 11.8 Å². The summed E-state index contributed by atoms with van der Waals surface area (Å²) < 4.78 is 13.2. The predicted octanol–water partition coefficient (Wildman–Crippen LogP) is 3.93. The lowest BCUT2D eigenvalue weighted by Crippen LogP contribution is -2.29. The molecule has 1 heterocycles. The first-order valence-electron chi connectivity index (χ1n) is 6.79. The van der Waals surface area contributed by atoms with Crippen LogP contribution in [0.2, 0.25) is 0 Å². The molecular weight excluding hydrogens is 245 g/mol. The van der Waals surface area contributed by atoms with Crippen molar-refractivity contribution in [2.24, 2.45) is 5.92 Å². The van der Waals surface area contributed by atoms with Crippen molar-refractivity contribution < 1.29 is 4.39 Å². The second kappa shape index (κ2) is 6.58. The molecule has 100 valence electrons. The molecule has 1 aromatic rings. The molecule has 3 heteroatoms. The number of rotatable bonds is 5. The molecule has 18 heavy (non-hydrogen) atoms. The second-order valence-electron chi connectivity index (χ2n) is 5.06. The lowest BCUT2D eigenvalue weighted by Gasteiger charge is -2.26. The molecule has 0 aromatic heterocycles. The highest BCUT2D eigenvalue weighted by molar-refractivity contribution is 7.99. The highest BCUT2D eigenvalue weighted by atomic mass is 32.2. The van der Waals surface area contributed by atoms with Crippen LogP contribution in [0.25, 0.3) is 0 Å². The smallest absolute Gasteiger partial charge is 0.123 e. The number of aryl methyl sites for hydroxylation is 1. The average Bonchev–Trinajstić information content (AvgIpc) is 2.85. The summed E-state index contributed by atoms with van der Waals surface area (Å²) in [7, 11) is 0. The van der Waals surface area contributed by atoms with Crippen molar-refractivity contribution in [3.05, 3.63) is 35.1 Å². The Balaban J connectivity index is 2.20.